The minimum Gasteiger partial charge on any atom is -0.505 e. The Bertz CT molecular complexity index is 1140. The van der Waals surface area contributed by atoms with Crippen molar-refractivity contribution in [1.82, 2.24) is 4.57 Å². The molecule has 5 nitrogen and oxygen atoms in total. The van der Waals surface area contributed by atoms with Gasteiger partial charge in [-0.15, -0.1) is 0 Å². The van der Waals surface area contributed by atoms with Crippen LogP contribution < -0.4 is 0 Å². The van der Waals surface area contributed by atoms with E-state index in [-0.39, 0.29) is 21.1 Å². The number of nitrogens with zero attached hydrogens (tertiary/aromatic N) is 1. The Hall–Kier alpha value is -2.57. The highest BCUT2D eigenvalue weighted by Gasteiger charge is 2.29. The van der Waals surface area contributed by atoms with Crippen molar-refractivity contribution in [1.29, 1.82) is 0 Å². The number of phenols is 1. The van der Waals surface area contributed by atoms with E-state index >= 15 is 0 Å². The normalized spacial score (nSPS) is 12.3. The van der Waals surface area contributed by atoms with E-state index in [1.54, 1.807) is 6.92 Å². The van der Waals surface area contributed by atoms with Crippen LogP contribution in [-0.4, -0.2) is 26.7 Å². The number of carbonyl (C=O) groups excluding carboxylic acids is 1. The lowest BCUT2D eigenvalue weighted by molar-refractivity contribution is -0.139. The number of aromatic hydroxyl groups is 1. The summed E-state index contributed by atoms with van der Waals surface area (Å²) in [6.07, 6.45) is 0.922. The van der Waals surface area contributed by atoms with Crippen LogP contribution in [-0.2, 0) is 4.79 Å². The van der Waals surface area contributed by atoms with Crippen molar-refractivity contribution in [2.24, 2.45) is 0 Å². The number of carboxylic acid groups (broad SMARTS) is 1. The highest BCUT2D eigenvalue weighted by Crippen LogP contribution is 2.38. The second-order valence-electron chi connectivity index (χ2n) is 6.77. The van der Waals surface area contributed by atoms with Crippen LogP contribution in [0.4, 0.5) is 4.39 Å². The summed E-state index contributed by atoms with van der Waals surface area (Å²) in [5.74, 6) is -4.00. The summed E-state index contributed by atoms with van der Waals surface area (Å²) in [5, 5.41) is 20.4. The number of phenolic OH excluding ortho intramolecular Hbond substituents is 1. The zero-order chi connectivity index (χ0) is 21.5. The molecule has 1 atom stereocenters. The molecule has 0 aliphatic heterocycles. The molecule has 152 valence electrons. The summed E-state index contributed by atoms with van der Waals surface area (Å²) in [4.78, 5) is 25.1. The van der Waals surface area contributed by atoms with E-state index in [0.29, 0.717) is 29.5 Å². The fourth-order valence-electron chi connectivity index (χ4n) is 3.59. The molecule has 3 rings (SSSR count). The first kappa shape index (κ1) is 21.1. The molecule has 0 aliphatic rings. The largest absolute Gasteiger partial charge is 0.505 e. The minimum atomic E-state index is -1.06. The minimum absolute atomic E-state index is 0.172. The van der Waals surface area contributed by atoms with Crippen molar-refractivity contribution < 1.29 is 24.2 Å². The van der Waals surface area contributed by atoms with Gasteiger partial charge in [0.15, 0.2) is 11.6 Å². The third-order valence-electron chi connectivity index (χ3n) is 4.91. The van der Waals surface area contributed by atoms with Gasteiger partial charge in [0.2, 0.25) is 0 Å². The average Bonchev–Trinajstić information content (AvgIpc) is 2.92. The molecule has 0 radical (unpaired) electrons. The van der Waals surface area contributed by atoms with E-state index in [1.165, 1.54) is 22.8 Å². The molecule has 1 aromatic heterocycles. The van der Waals surface area contributed by atoms with Gasteiger partial charge in [0.1, 0.15) is 0 Å². The van der Waals surface area contributed by atoms with E-state index in [9.17, 15) is 24.2 Å². The second-order valence-corrected chi connectivity index (χ2v) is 7.58. The number of carbonyl (C=O) groups is 2. The average molecular weight is 438 g/mol. The van der Waals surface area contributed by atoms with E-state index in [0.717, 1.165) is 12.1 Å². The zero-order valence-electron chi connectivity index (χ0n) is 15.7. The maximum atomic E-state index is 14.1. The molecule has 0 amide bonds. The van der Waals surface area contributed by atoms with Crippen LogP contribution >= 0.6 is 23.2 Å². The summed E-state index contributed by atoms with van der Waals surface area (Å²) in [6, 6.07) is 6.55. The number of halogens is 3. The van der Waals surface area contributed by atoms with Gasteiger partial charge in [0.05, 0.1) is 21.5 Å². The molecular formula is C21H18Cl2FNO4. The molecule has 1 heterocycles. The fourth-order valence-corrected chi connectivity index (χ4v) is 3.89. The predicted octanol–water partition coefficient (Wildman–Crippen LogP) is 5.76. The molecule has 3 aromatic rings. The molecule has 0 saturated heterocycles. The Morgan fingerprint density at radius 3 is 2.45 bits per heavy atom. The lowest BCUT2D eigenvalue weighted by atomic mass is 9.92. The molecule has 0 aliphatic carbocycles. The summed E-state index contributed by atoms with van der Waals surface area (Å²) < 4.78 is 15.4. The standard InChI is InChI=1S/C21H18Cl2FNO4/c1-3-4-12(21(28)29)19-10(2)25(17-9-16(24)18(26)8-13(17)19)20(27)11-5-6-14(22)15(23)7-11/h5-9,12,26H,3-4H2,1-2H3,(H,28,29). The third kappa shape index (κ3) is 3.70. The molecule has 0 saturated carbocycles. The van der Waals surface area contributed by atoms with Gasteiger partial charge in [0, 0.05) is 22.7 Å². The number of carboxylic acids is 1. The van der Waals surface area contributed by atoms with Crippen LogP contribution in [0.5, 0.6) is 5.75 Å². The van der Waals surface area contributed by atoms with Crippen molar-refractivity contribution in [3.05, 3.63) is 63.0 Å². The SMILES string of the molecule is CCCC(C(=O)O)c1c(C)n(C(=O)c2ccc(Cl)c(Cl)c2)c2cc(F)c(O)cc12. The maximum absolute atomic E-state index is 14.1. The zero-order valence-corrected chi connectivity index (χ0v) is 17.2. The van der Waals surface area contributed by atoms with E-state index in [4.69, 9.17) is 23.2 Å². The fraction of sp³-hybridized carbons (Fsp3) is 0.238. The summed E-state index contributed by atoms with van der Waals surface area (Å²) in [7, 11) is 0. The van der Waals surface area contributed by atoms with Gasteiger partial charge in [-0.1, -0.05) is 36.5 Å². The Morgan fingerprint density at radius 2 is 1.86 bits per heavy atom. The summed E-state index contributed by atoms with van der Waals surface area (Å²) in [6.45, 7) is 3.45. The quantitative estimate of drug-likeness (QED) is 0.531. The number of aromatic nitrogens is 1. The van der Waals surface area contributed by atoms with Crippen molar-refractivity contribution in [3.63, 3.8) is 0 Å². The molecule has 1 unspecified atom stereocenters. The van der Waals surface area contributed by atoms with E-state index < -0.39 is 29.4 Å². The second kappa shape index (κ2) is 8.05. The van der Waals surface area contributed by atoms with Gasteiger partial charge < -0.3 is 10.2 Å². The maximum Gasteiger partial charge on any atom is 0.311 e. The van der Waals surface area contributed by atoms with E-state index in [1.807, 2.05) is 6.92 Å². The Kier molecular flexibility index (Phi) is 5.87. The summed E-state index contributed by atoms with van der Waals surface area (Å²) >= 11 is 11.9. The van der Waals surface area contributed by atoms with Gasteiger partial charge in [-0.2, -0.15) is 0 Å². The molecule has 8 heteroatoms. The number of fused-ring (bicyclic) bond motifs is 1. The Morgan fingerprint density at radius 1 is 1.17 bits per heavy atom. The highest BCUT2D eigenvalue weighted by molar-refractivity contribution is 6.42. The monoisotopic (exact) mass is 437 g/mol. The first-order valence-electron chi connectivity index (χ1n) is 8.93. The topological polar surface area (TPSA) is 79.5 Å². The van der Waals surface area contributed by atoms with Gasteiger partial charge in [-0.05, 0) is 43.2 Å². The molecule has 0 spiro atoms. The number of rotatable bonds is 5. The number of aliphatic carboxylic acids is 1. The number of hydrogen-bond donors (Lipinski definition) is 2. The first-order valence-corrected chi connectivity index (χ1v) is 9.68. The van der Waals surface area contributed by atoms with Crippen LogP contribution in [0.1, 0.15) is 47.3 Å². The third-order valence-corrected chi connectivity index (χ3v) is 5.65. The predicted molar refractivity (Wildman–Crippen MR) is 110 cm³/mol. The van der Waals surface area contributed by atoms with Gasteiger partial charge in [0.25, 0.3) is 5.91 Å². The molecular weight excluding hydrogens is 420 g/mol. The van der Waals surface area contributed by atoms with Crippen molar-refractivity contribution >= 4 is 46.0 Å². The number of benzene rings is 2. The van der Waals surface area contributed by atoms with Crippen molar-refractivity contribution in [2.45, 2.75) is 32.6 Å². The molecule has 0 fully saturated rings. The van der Waals surface area contributed by atoms with Crippen molar-refractivity contribution in [2.75, 3.05) is 0 Å². The number of hydrogen-bond acceptors (Lipinski definition) is 3. The van der Waals surface area contributed by atoms with E-state index in [2.05, 4.69) is 0 Å². The molecule has 0 bridgehead atoms. The lowest BCUT2D eigenvalue weighted by Crippen LogP contribution is -2.16. The van der Waals surface area contributed by atoms with Crippen LogP contribution in [0.15, 0.2) is 30.3 Å². The molecule has 29 heavy (non-hydrogen) atoms. The highest BCUT2D eigenvalue weighted by atomic mass is 35.5. The van der Waals surface area contributed by atoms with Gasteiger partial charge >= 0.3 is 5.97 Å². The van der Waals surface area contributed by atoms with Crippen molar-refractivity contribution in [3.8, 4) is 5.75 Å². The molecule has 2 N–H and O–H groups in total. The molecule has 2 aromatic carbocycles. The smallest absolute Gasteiger partial charge is 0.311 e. The Labute approximate surface area is 176 Å². The van der Waals surface area contributed by atoms with Crippen LogP contribution in [0.3, 0.4) is 0 Å². The van der Waals surface area contributed by atoms with Crippen LogP contribution in [0.25, 0.3) is 10.9 Å². The lowest BCUT2D eigenvalue weighted by Gasteiger charge is -2.13. The first-order chi connectivity index (χ1) is 13.7. The van der Waals surface area contributed by atoms with Crippen LogP contribution in [0.2, 0.25) is 10.0 Å². The van der Waals surface area contributed by atoms with Gasteiger partial charge in [-0.25, -0.2) is 4.39 Å². The van der Waals surface area contributed by atoms with Crippen LogP contribution in [0, 0.1) is 12.7 Å². The summed E-state index contributed by atoms with van der Waals surface area (Å²) in [5.41, 5.74) is 1.12. The Balaban J connectivity index is 2.33. The van der Waals surface area contributed by atoms with Gasteiger partial charge in [-0.3, -0.25) is 14.2 Å².